The van der Waals surface area contributed by atoms with E-state index in [2.05, 4.69) is 74.3 Å². The SMILES string of the molecule is CN(CC(C)(C)CN)C1c2ccccc2-c2ccccc21. The van der Waals surface area contributed by atoms with Gasteiger partial charge in [-0.05, 0) is 41.3 Å². The largest absolute Gasteiger partial charge is 0.330 e. The lowest BCUT2D eigenvalue weighted by Crippen LogP contribution is -2.38. The first-order chi connectivity index (χ1) is 10.0. The van der Waals surface area contributed by atoms with Gasteiger partial charge in [0.25, 0.3) is 0 Å². The summed E-state index contributed by atoms with van der Waals surface area (Å²) in [7, 11) is 2.21. The predicted octanol–water partition coefficient (Wildman–Crippen LogP) is 3.67. The van der Waals surface area contributed by atoms with Gasteiger partial charge in [0.1, 0.15) is 0 Å². The summed E-state index contributed by atoms with van der Waals surface area (Å²) in [5.74, 6) is 0. The van der Waals surface area contributed by atoms with E-state index < -0.39 is 0 Å². The van der Waals surface area contributed by atoms with Crippen LogP contribution in [0.25, 0.3) is 11.1 Å². The van der Waals surface area contributed by atoms with E-state index in [1.165, 1.54) is 22.3 Å². The van der Waals surface area contributed by atoms with Gasteiger partial charge in [-0.15, -0.1) is 0 Å². The summed E-state index contributed by atoms with van der Waals surface area (Å²) >= 11 is 0. The Hall–Kier alpha value is -1.64. The van der Waals surface area contributed by atoms with Crippen molar-refractivity contribution in [3.63, 3.8) is 0 Å². The molecule has 1 aliphatic rings. The molecule has 21 heavy (non-hydrogen) atoms. The predicted molar refractivity (Wildman–Crippen MR) is 89.2 cm³/mol. The van der Waals surface area contributed by atoms with Crippen LogP contribution in [0.4, 0.5) is 0 Å². The first-order valence-corrected chi connectivity index (χ1v) is 7.62. The van der Waals surface area contributed by atoms with Gasteiger partial charge >= 0.3 is 0 Å². The van der Waals surface area contributed by atoms with Crippen LogP contribution < -0.4 is 5.73 Å². The normalized spacial score (nSPS) is 14.3. The highest BCUT2D eigenvalue weighted by Gasteiger charge is 2.32. The summed E-state index contributed by atoms with van der Waals surface area (Å²) in [5, 5.41) is 0. The Morgan fingerprint density at radius 1 is 0.952 bits per heavy atom. The molecule has 3 rings (SSSR count). The Morgan fingerprint density at radius 2 is 1.43 bits per heavy atom. The zero-order chi connectivity index (χ0) is 15.0. The molecule has 110 valence electrons. The molecule has 0 aromatic heterocycles. The van der Waals surface area contributed by atoms with Crippen molar-refractivity contribution in [2.75, 3.05) is 20.1 Å². The first-order valence-electron chi connectivity index (χ1n) is 7.62. The lowest BCUT2D eigenvalue weighted by Gasteiger charge is -2.34. The molecule has 2 aromatic carbocycles. The lowest BCUT2D eigenvalue weighted by molar-refractivity contribution is 0.186. The maximum absolute atomic E-state index is 5.92. The van der Waals surface area contributed by atoms with Crippen LogP contribution >= 0.6 is 0 Å². The second-order valence-electron chi connectivity index (χ2n) is 6.86. The topological polar surface area (TPSA) is 29.3 Å². The van der Waals surface area contributed by atoms with E-state index in [0.717, 1.165) is 6.54 Å². The van der Waals surface area contributed by atoms with Gasteiger partial charge in [0, 0.05) is 6.54 Å². The van der Waals surface area contributed by atoms with Crippen LogP contribution in [0, 0.1) is 5.41 Å². The summed E-state index contributed by atoms with van der Waals surface area (Å²) in [6.45, 7) is 6.15. The van der Waals surface area contributed by atoms with E-state index >= 15 is 0 Å². The minimum atomic E-state index is 0.126. The number of nitrogens with two attached hydrogens (primary N) is 1. The zero-order valence-corrected chi connectivity index (χ0v) is 13.1. The average Bonchev–Trinajstić information content (AvgIpc) is 2.81. The van der Waals surface area contributed by atoms with Gasteiger partial charge in [-0.1, -0.05) is 62.4 Å². The summed E-state index contributed by atoms with van der Waals surface area (Å²) in [6.07, 6.45) is 0. The van der Waals surface area contributed by atoms with Crippen molar-refractivity contribution < 1.29 is 0 Å². The van der Waals surface area contributed by atoms with E-state index in [1.54, 1.807) is 0 Å². The Labute approximate surface area is 127 Å². The summed E-state index contributed by atoms with van der Waals surface area (Å²) < 4.78 is 0. The number of fused-ring (bicyclic) bond motifs is 3. The van der Waals surface area contributed by atoms with Crippen molar-refractivity contribution in [3.8, 4) is 11.1 Å². The molecule has 0 bridgehead atoms. The monoisotopic (exact) mass is 280 g/mol. The second-order valence-corrected chi connectivity index (χ2v) is 6.86. The van der Waals surface area contributed by atoms with Gasteiger partial charge in [0.05, 0.1) is 6.04 Å². The Morgan fingerprint density at radius 3 is 1.90 bits per heavy atom. The molecule has 1 aliphatic carbocycles. The van der Waals surface area contributed by atoms with Gasteiger partial charge in [0.15, 0.2) is 0 Å². The first kappa shape index (κ1) is 14.3. The molecule has 0 saturated heterocycles. The maximum atomic E-state index is 5.92. The van der Waals surface area contributed by atoms with Crippen molar-refractivity contribution in [1.29, 1.82) is 0 Å². The molecule has 0 fully saturated rings. The van der Waals surface area contributed by atoms with Crippen molar-refractivity contribution in [2.45, 2.75) is 19.9 Å². The summed E-state index contributed by atoms with van der Waals surface area (Å²) in [4.78, 5) is 2.44. The van der Waals surface area contributed by atoms with Crippen molar-refractivity contribution in [3.05, 3.63) is 59.7 Å². The number of hydrogen-bond acceptors (Lipinski definition) is 2. The van der Waals surface area contributed by atoms with E-state index in [4.69, 9.17) is 5.73 Å². The molecule has 0 radical (unpaired) electrons. The minimum Gasteiger partial charge on any atom is -0.330 e. The molecular formula is C19H24N2. The fourth-order valence-electron chi connectivity index (χ4n) is 3.43. The van der Waals surface area contributed by atoms with Crippen molar-refractivity contribution in [1.82, 2.24) is 4.90 Å². The number of rotatable bonds is 4. The highest BCUT2D eigenvalue weighted by molar-refractivity contribution is 5.78. The second kappa shape index (κ2) is 5.28. The molecule has 0 atom stereocenters. The quantitative estimate of drug-likeness (QED) is 0.926. The maximum Gasteiger partial charge on any atom is 0.0611 e. The highest BCUT2D eigenvalue weighted by atomic mass is 15.1. The standard InChI is InChI=1S/C19H24N2/c1-19(2,12-20)13-21(3)18-16-10-6-4-8-14(16)15-9-5-7-11-17(15)18/h4-11,18H,12-13,20H2,1-3H3. The summed E-state index contributed by atoms with van der Waals surface area (Å²) in [6, 6.07) is 17.8. The highest BCUT2D eigenvalue weighted by Crippen LogP contribution is 2.46. The van der Waals surface area contributed by atoms with Crippen LogP contribution in [0.3, 0.4) is 0 Å². The third-order valence-electron chi connectivity index (χ3n) is 4.47. The van der Waals surface area contributed by atoms with E-state index in [-0.39, 0.29) is 5.41 Å². The van der Waals surface area contributed by atoms with Gasteiger partial charge < -0.3 is 5.73 Å². The molecule has 0 heterocycles. The van der Waals surface area contributed by atoms with Crippen molar-refractivity contribution >= 4 is 0 Å². The minimum absolute atomic E-state index is 0.126. The number of nitrogens with zero attached hydrogens (tertiary/aromatic N) is 1. The molecule has 0 unspecified atom stereocenters. The molecule has 2 nitrogen and oxygen atoms in total. The fourth-order valence-corrected chi connectivity index (χ4v) is 3.43. The summed E-state index contributed by atoms with van der Waals surface area (Å²) in [5.41, 5.74) is 11.6. The Bertz CT molecular complexity index is 600. The molecular weight excluding hydrogens is 256 g/mol. The Balaban J connectivity index is 2.03. The third-order valence-corrected chi connectivity index (χ3v) is 4.47. The average molecular weight is 280 g/mol. The zero-order valence-electron chi connectivity index (χ0n) is 13.1. The number of benzene rings is 2. The third kappa shape index (κ3) is 2.50. The Kier molecular flexibility index (Phi) is 3.60. The van der Waals surface area contributed by atoms with Crippen LogP contribution in [0.2, 0.25) is 0 Å². The molecule has 0 spiro atoms. The molecule has 0 aliphatic heterocycles. The molecule has 0 saturated carbocycles. The van der Waals surface area contributed by atoms with Crippen LogP contribution in [-0.2, 0) is 0 Å². The lowest BCUT2D eigenvalue weighted by atomic mass is 9.91. The van der Waals surface area contributed by atoms with Crippen LogP contribution in [0.15, 0.2) is 48.5 Å². The van der Waals surface area contributed by atoms with Crippen LogP contribution in [0.1, 0.15) is 31.0 Å². The van der Waals surface area contributed by atoms with Crippen LogP contribution in [-0.4, -0.2) is 25.0 Å². The van der Waals surface area contributed by atoms with E-state index in [1.807, 2.05) is 0 Å². The van der Waals surface area contributed by atoms with Gasteiger partial charge in [-0.2, -0.15) is 0 Å². The van der Waals surface area contributed by atoms with Gasteiger partial charge in [0.2, 0.25) is 0 Å². The smallest absolute Gasteiger partial charge is 0.0611 e. The van der Waals surface area contributed by atoms with Crippen LogP contribution in [0.5, 0.6) is 0 Å². The molecule has 0 amide bonds. The van der Waals surface area contributed by atoms with E-state index in [9.17, 15) is 0 Å². The van der Waals surface area contributed by atoms with Gasteiger partial charge in [-0.3, -0.25) is 4.90 Å². The molecule has 2 N–H and O–H groups in total. The van der Waals surface area contributed by atoms with Gasteiger partial charge in [-0.25, -0.2) is 0 Å². The van der Waals surface area contributed by atoms with Crippen molar-refractivity contribution in [2.24, 2.45) is 11.1 Å². The molecule has 2 heteroatoms. The molecule has 2 aromatic rings. The fraction of sp³-hybridized carbons (Fsp3) is 0.368. The van der Waals surface area contributed by atoms with E-state index in [0.29, 0.717) is 12.6 Å². The number of hydrogen-bond donors (Lipinski definition) is 1.